The Labute approximate surface area is 97.5 Å². The van der Waals surface area contributed by atoms with Crippen molar-refractivity contribution >= 4 is 22.6 Å². The van der Waals surface area contributed by atoms with E-state index in [0.29, 0.717) is 12.2 Å². The molecule has 0 aliphatic carbocycles. The number of hydrogen-bond acceptors (Lipinski definition) is 3. The minimum atomic E-state index is -2.04. The molecule has 3 N–H and O–H groups in total. The smallest absolute Gasteiger partial charge is 0.259 e. The third kappa shape index (κ3) is 3.80. The van der Waals surface area contributed by atoms with E-state index < -0.39 is 11.3 Å². The predicted molar refractivity (Wildman–Crippen MR) is 65.8 cm³/mol. The van der Waals surface area contributed by atoms with Gasteiger partial charge in [-0.15, -0.1) is 0 Å². The van der Waals surface area contributed by atoms with Crippen LogP contribution >= 0.6 is 0 Å². The minimum Gasteiger partial charge on any atom is -0.395 e. The molecule has 0 amide bonds. The summed E-state index contributed by atoms with van der Waals surface area (Å²) in [5, 5.41) is 8.88. The zero-order valence-electron chi connectivity index (χ0n) is 9.09. The van der Waals surface area contributed by atoms with Crippen molar-refractivity contribution in [2.45, 2.75) is 6.92 Å². The molecule has 1 atom stereocenters. The van der Waals surface area contributed by atoms with Crippen LogP contribution < -0.4 is 9.62 Å². The highest BCUT2D eigenvalue weighted by Gasteiger charge is 2.03. The zero-order valence-corrected chi connectivity index (χ0v) is 9.91. The number of benzene rings is 1. The lowest BCUT2D eigenvalue weighted by molar-refractivity contribution is 0.302. The van der Waals surface area contributed by atoms with E-state index in [9.17, 15) is 4.21 Å². The molecule has 0 spiro atoms. The first-order valence-electron chi connectivity index (χ1n) is 5.00. The van der Waals surface area contributed by atoms with Gasteiger partial charge in [-0.3, -0.25) is 9.27 Å². The van der Waals surface area contributed by atoms with Gasteiger partial charge in [0.25, 0.3) is 11.3 Å². The maximum Gasteiger partial charge on any atom is 0.259 e. The van der Waals surface area contributed by atoms with Crippen LogP contribution in [0.2, 0.25) is 0 Å². The fraction of sp³-hybridized carbons (Fsp3) is 0.400. The van der Waals surface area contributed by atoms with E-state index in [1.807, 2.05) is 24.0 Å². The van der Waals surface area contributed by atoms with Gasteiger partial charge in [0, 0.05) is 24.5 Å². The molecule has 16 heavy (non-hydrogen) atoms. The van der Waals surface area contributed by atoms with E-state index in [-0.39, 0.29) is 6.61 Å². The first kappa shape index (κ1) is 13.0. The van der Waals surface area contributed by atoms with Crippen LogP contribution in [0.25, 0.3) is 0 Å². The lowest BCUT2D eigenvalue weighted by atomic mass is 10.2. The number of anilines is 2. The van der Waals surface area contributed by atoms with E-state index in [0.717, 1.165) is 12.2 Å². The van der Waals surface area contributed by atoms with Gasteiger partial charge in [-0.05, 0) is 31.2 Å². The Kier molecular flexibility index (Phi) is 5.24. The molecule has 1 unspecified atom stereocenters. The van der Waals surface area contributed by atoms with Crippen molar-refractivity contribution in [3.05, 3.63) is 24.3 Å². The number of nitrogens with zero attached hydrogens (tertiary/aromatic N) is 1. The second-order valence-corrected chi connectivity index (χ2v) is 3.90. The van der Waals surface area contributed by atoms with Gasteiger partial charge in [0.05, 0.1) is 6.61 Å². The number of aliphatic hydroxyl groups excluding tert-OH is 1. The van der Waals surface area contributed by atoms with Crippen LogP contribution in [0.4, 0.5) is 11.4 Å². The van der Waals surface area contributed by atoms with Gasteiger partial charge in [-0.2, -0.15) is 0 Å². The van der Waals surface area contributed by atoms with Crippen LogP contribution in [-0.2, 0) is 11.3 Å². The molecule has 0 aromatic heterocycles. The average molecular weight is 244 g/mol. The van der Waals surface area contributed by atoms with Crippen molar-refractivity contribution in [3.63, 3.8) is 0 Å². The van der Waals surface area contributed by atoms with Crippen molar-refractivity contribution < 1.29 is 13.9 Å². The second-order valence-electron chi connectivity index (χ2n) is 3.20. The molecule has 90 valence electrons. The summed E-state index contributed by atoms with van der Waals surface area (Å²) in [5.74, 6) is 0. The SMILES string of the molecule is CCN(CCO)c1ccc(NS(=O)O)cc1. The molecule has 1 aromatic rings. The average Bonchev–Trinajstić information content (AvgIpc) is 2.26. The minimum absolute atomic E-state index is 0.106. The summed E-state index contributed by atoms with van der Waals surface area (Å²) < 4.78 is 21.5. The summed E-state index contributed by atoms with van der Waals surface area (Å²) in [7, 11) is 0. The van der Waals surface area contributed by atoms with Crippen LogP contribution in [-0.4, -0.2) is 33.6 Å². The molecule has 0 saturated heterocycles. The van der Waals surface area contributed by atoms with Crippen LogP contribution in [0.3, 0.4) is 0 Å². The van der Waals surface area contributed by atoms with Gasteiger partial charge in [0.1, 0.15) is 0 Å². The highest BCUT2D eigenvalue weighted by Crippen LogP contribution is 2.17. The van der Waals surface area contributed by atoms with E-state index in [1.54, 1.807) is 12.1 Å². The van der Waals surface area contributed by atoms with Gasteiger partial charge in [-0.25, -0.2) is 4.21 Å². The lowest BCUT2D eigenvalue weighted by Gasteiger charge is -2.22. The molecule has 0 aliphatic rings. The molecule has 0 saturated carbocycles. The topological polar surface area (TPSA) is 72.8 Å². The fourth-order valence-electron chi connectivity index (χ4n) is 1.43. The predicted octanol–water partition coefficient (Wildman–Crippen LogP) is 1.05. The molecule has 1 rings (SSSR count). The number of aliphatic hydroxyl groups is 1. The van der Waals surface area contributed by atoms with Crippen LogP contribution in [0, 0.1) is 0 Å². The number of rotatable bonds is 6. The first-order valence-corrected chi connectivity index (χ1v) is 6.11. The van der Waals surface area contributed by atoms with Crippen molar-refractivity contribution in [1.29, 1.82) is 0 Å². The largest absolute Gasteiger partial charge is 0.395 e. The molecule has 0 heterocycles. The maximum atomic E-state index is 10.5. The first-order chi connectivity index (χ1) is 7.67. The van der Waals surface area contributed by atoms with Gasteiger partial charge >= 0.3 is 0 Å². The zero-order chi connectivity index (χ0) is 12.0. The van der Waals surface area contributed by atoms with Gasteiger partial charge in [-0.1, -0.05) is 0 Å². The Bertz CT molecular complexity index is 342. The highest BCUT2D eigenvalue weighted by atomic mass is 32.2. The Morgan fingerprint density at radius 3 is 2.44 bits per heavy atom. The molecule has 0 fully saturated rings. The Hall–Kier alpha value is -1.11. The highest BCUT2D eigenvalue weighted by molar-refractivity contribution is 7.80. The van der Waals surface area contributed by atoms with E-state index in [4.69, 9.17) is 9.66 Å². The molecule has 5 nitrogen and oxygen atoms in total. The fourth-order valence-corrected chi connectivity index (χ4v) is 1.77. The van der Waals surface area contributed by atoms with Crippen molar-refractivity contribution in [2.24, 2.45) is 0 Å². The van der Waals surface area contributed by atoms with Gasteiger partial charge in [0.2, 0.25) is 0 Å². The second kappa shape index (κ2) is 6.47. The van der Waals surface area contributed by atoms with E-state index >= 15 is 0 Å². The van der Waals surface area contributed by atoms with E-state index in [1.165, 1.54) is 0 Å². The Morgan fingerprint density at radius 1 is 1.38 bits per heavy atom. The monoisotopic (exact) mass is 244 g/mol. The third-order valence-corrected chi connectivity index (χ3v) is 2.60. The quantitative estimate of drug-likeness (QED) is 0.654. The Balaban J connectivity index is 2.72. The molecule has 0 radical (unpaired) electrons. The van der Waals surface area contributed by atoms with Gasteiger partial charge < -0.3 is 10.0 Å². The van der Waals surface area contributed by atoms with E-state index in [2.05, 4.69) is 4.72 Å². The summed E-state index contributed by atoms with van der Waals surface area (Å²) in [4.78, 5) is 2.01. The number of nitrogens with one attached hydrogen (secondary N) is 1. The number of hydrogen-bond donors (Lipinski definition) is 3. The summed E-state index contributed by atoms with van der Waals surface area (Å²) >= 11 is -2.04. The molecular formula is C10H16N2O3S. The third-order valence-electron chi connectivity index (χ3n) is 2.19. The Morgan fingerprint density at radius 2 is 2.00 bits per heavy atom. The van der Waals surface area contributed by atoms with Gasteiger partial charge in [0.15, 0.2) is 0 Å². The molecule has 6 heteroatoms. The summed E-state index contributed by atoms with van der Waals surface area (Å²) in [6, 6.07) is 7.13. The molecular weight excluding hydrogens is 228 g/mol. The van der Waals surface area contributed by atoms with Crippen LogP contribution in [0.15, 0.2) is 24.3 Å². The van der Waals surface area contributed by atoms with Crippen molar-refractivity contribution in [1.82, 2.24) is 0 Å². The summed E-state index contributed by atoms with van der Waals surface area (Å²) in [6.45, 7) is 3.49. The van der Waals surface area contributed by atoms with Crippen molar-refractivity contribution in [3.8, 4) is 0 Å². The molecule has 0 bridgehead atoms. The number of likely N-dealkylation sites (N-methyl/N-ethyl adjacent to an activating group) is 1. The molecule has 0 aliphatic heterocycles. The normalized spacial score (nSPS) is 12.2. The van der Waals surface area contributed by atoms with Crippen molar-refractivity contribution in [2.75, 3.05) is 29.3 Å². The maximum absolute atomic E-state index is 10.5. The summed E-state index contributed by atoms with van der Waals surface area (Å²) in [6.07, 6.45) is 0. The van der Waals surface area contributed by atoms with Crippen LogP contribution in [0.1, 0.15) is 6.92 Å². The lowest BCUT2D eigenvalue weighted by Crippen LogP contribution is -2.25. The van der Waals surface area contributed by atoms with Crippen LogP contribution in [0.5, 0.6) is 0 Å². The summed E-state index contributed by atoms with van der Waals surface area (Å²) in [5.41, 5.74) is 1.57. The standard InChI is InChI=1S/C10H16N2O3S/c1-2-12(7-8-13)10-5-3-9(4-6-10)11-16(14)15/h3-6,11,13H,2,7-8H2,1H3,(H,14,15). The molecule has 1 aromatic carbocycles.